The van der Waals surface area contributed by atoms with Crippen LogP contribution in [-0.4, -0.2) is 11.1 Å². The van der Waals surface area contributed by atoms with Gasteiger partial charge < -0.3 is 5.11 Å². The summed E-state index contributed by atoms with van der Waals surface area (Å²) in [7, 11) is 0. The zero-order valence-corrected chi connectivity index (χ0v) is 8.88. The molecule has 0 aromatic heterocycles. The van der Waals surface area contributed by atoms with E-state index in [1.807, 2.05) is 0 Å². The van der Waals surface area contributed by atoms with Crippen LogP contribution >= 0.6 is 0 Å². The fourth-order valence-electron chi connectivity index (χ4n) is 1.36. The van der Waals surface area contributed by atoms with Gasteiger partial charge in [0.2, 0.25) is 0 Å². The fourth-order valence-corrected chi connectivity index (χ4v) is 1.36. The van der Waals surface area contributed by atoms with E-state index in [9.17, 15) is 22.4 Å². The highest BCUT2D eigenvalue weighted by Crippen LogP contribution is 2.31. The summed E-state index contributed by atoms with van der Waals surface area (Å²) in [4.78, 5) is 10.5. The van der Waals surface area contributed by atoms with E-state index in [0.717, 1.165) is 12.1 Å². The SMILES string of the molecule is C[C@@H](Cc1ccc(C(F)(F)F)c(F)c1)C(=O)O. The van der Waals surface area contributed by atoms with Gasteiger partial charge in [-0.05, 0) is 24.1 Å². The van der Waals surface area contributed by atoms with Gasteiger partial charge in [0.05, 0.1) is 11.5 Å². The zero-order valence-electron chi connectivity index (χ0n) is 8.88. The summed E-state index contributed by atoms with van der Waals surface area (Å²) in [6.07, 6.45) is -4.74. The number of alkyl halides is 3. The van der Waals surface area contributed by atoms with Crippen LogP contribution in [0.4, 0.5) is 17.6 Å². The minimum absolute atomic E-state index is 0.00953. The number of hydrogen-bond donors (Lipinski definition) is 1. The van der Waals surface area contributed by atoms with Crippen molar-refractivity contribution in [3.63, 3.8) is 0 Å². The zero-order chi connectivity index (χ0) is 13.2. The standard InChI is InChI=1S/C11H10F4O2/c1-6(10(16)17)4-7-2-3-8(9(12)5-7)11(13,14)15/h2-3,5-6H,4H2,1H3,(H,16,17)/t6-/m0/s1. The Morgan fingerprint density at radius 1 is 1.41 bits per heavy atom. The Balaban J connectivity index is 2.94. The van der Waals surface area contributed by atoms with Crippen molar-refractivity contribution in [3.8, 4) is 0 Å². The molecule has 1 aromatic rings. The van der Waals surface area contributed by atoms with Crippen molar-refractivity contribution in [3.05, 3.63) is 35.1 Å². The molecule has 0 saturated carbocycles. The van der Waals surface area contributed by atoms with E-state index in [0.29, 0.717) is 6.07 Å². The van der Waals surface area contributed by atoms with Crippen molar-refractivity contribution >= 4 is 5.97 Å². The first-order valence-corrected chi connectivity index (χ1v) is 4.80. The molecule has 0 radical (unpaired) electrons. The molecular weight excluding hydrogens is 240 g/mol. The van der Waals surface area contributed by atoms with E-state index in [-0.39, 0.29) is 12.0 Å². The average Bonchev–Trinajstić information content (AvgIpc) is 2.15. The molecule has 2 nitrogen and oxygen atoms in total. The first-order valence-electron chi connectivity index (χ1n) is 4.80. The molecule has 0 spiro atoms. The third-order valence-electron chi connectivity index (χ3n) is 2.30. The lowest BCUT2D eigenvalue weighted by Crippen LogP contribution is -2.13. The molecule has 0 aliphatic heterocycles. The molecule has 0 aliphatic carbocycles. The van der Waals surface area contributed by atoms with Crippen LogP contribution < -0.4 is 0 Å². The highest BCUT2D eigenvalue weighted by molar-refractivity contribution is 5.69. The van der Waals surface area contributed by atoms with E-state index >= 15 is 0 Å². The van der Waals surface area contributed by atoms with Crippen LogP contribution in [0.15, 0.2) is 18.2 Å². The number of hydrogen-bond acceptors (Lipinski definition) is 1. The second-order valence-electron chi connectivity index (χ2n) is 3.76. The molecule has 1 rings (SSSR count). The van der Waals surface area contributed by atoms with Crippen LogP contribution in [0.2, 0.25) is 0 Å². The van der Waals surface area contributed by atoms with Crippen LogP contribution in [0.1, 0.15) is 18.1 Å². The van der Waals surface area contributed by atoms with Crippen LogP contribution in [0.3, 0.4) is 0 Å². The average molecular weight is 250 g/mol. The lowest BCUT2D eigenvalue weighted by Gasteiger charge is -2.10. The molecule has 0 heterocycles. The molecule has 0 bridgehead atoms. The van der Waals surface area contributed by atoms with Gasteiger partial charge in [-0.1, -0.05) is 13.0 Å². The molecule has 0 amide bonds. The van der Waals surface area contributed by atoms with E-state index in [1.165, 1.54) is 6.92 Å². The Bertz CT molecular complexity index is 426. The van der Waals surface area contributed by atoms with Crippen molar-refractivity contribution in [2.75, 3.05) is 0 Å². The maximum atomic E-state index is 13.1. The van der Waals surface area contributed by atoms with E-state index in [2.05, 4.69) is 0 Å². The summed E-state index contributed by atoms with van der Waals surface area (Å²) in [5.74, 6) is -3.23. The predicted molar refractivity (Wildman–Crippen MR) is 51.9 cm³/mol. The van der Waals surface area contributed by atoms with Gasteiger partial charge in [0.25, 0.3) is 0 Å². The van der Waals surface area contributed by atoms with Crippen molar-refractivity contribution < 1.29 is 27.5 Å². The second-order valence-corrected chi connectivity index (χ2v) is 3.76. The molecule has 6 heteroatoms. The van der Waals surface area contributed by atoms with Crippen molar-refractivity contribution in [1.82, 2.24) is 0 Å². The summed E-state index contributed by atoms with van der Waals surface area (Å²) in [5.41, 5.74) is -1.12. The summed E-state index contributed by atoms with van der Waals surface area (Å²) >= 11 is 0. The Morgan fingerprint density at radius 3 is 2.41 bits per heavy atom. The third kappa shape index (κ3) is 3.44. The number of carboxylic acids is 1. The first kappa shape index (κ1) is 13.5. The van der Waals surface area contributed by atoms with Crippen LogP contribution in [-0.2, 0) is 17.4 Å². The fraction of sp³-hybridized carbons (Fsp3) is 0.364. The number of carbonyl (C=O) groups is 1. The van der Waals surface area contributed by atoms with Crippen molar-refractivity contribution in [2.24, 2.45) is 5.92 Å². The molecule has 94 valence electrons. The largest absolute Gasteiger partial charge is 0.481 e. The van der Waals surface area contributed by atoms with Crippen LogP contribution in [0.5, 0.6) is 0 Å². The van der Waals surface area contributed by atoms with Gasteiger partial charge in [0.15, 0.2) is 0 Å². The summed E-state index contributed by atoms with van der Waals surface area (Å²) in [6.45, 7) is 1.40. The lowest BCUT2D eigenvalue weighted by atomic mass is 10.00. The predicted octanol–water partition coefficient (Wildman–Crippen LogP) is 3.11. The summed E-state index contributed by atoms with van der Waals surface area (Å²) in [6, 6.07) is 2.44. The van der Waals surface area contributed by atoms with Gasteiger partial charge in [-0.2, -0.15) is 13.2 Å². The van der Waals surface area contributed by atoms with Gasteiger partial charge in [-0.15, -0.1) is 0 Å². The minimum atomic E-state index is -4.74. The summed E-state index contributed by atoms with van der Waals surface area (Å²) < 4.78 is 49.8. The normalized spacial score (nSPS) is 13.5. The Labute approximate surface area is 94.9 Å². The molecule has 1 N–H and O–H groups in total. The number of benzene rings is 1. The van der Waals surface area contributed by atoms with Gasteiger partial charge in [0, 0.05) is 0 Å². The quantitative estimate of drug-likeness (QED) is 0.837. The molecular formula is C11H10F4O2. The van der Waals surface area contributed by atoms with Gasteiger partial charge in [-0.25, -0.2) is 4.39 Å². The van der Waals surface area contributed by atoms with Crippen molar-refractivity contribution in [1.29, 1.82) is 0 Å². The molecule has 17 heavy (non-hydrogen) atoms. The Hall–Kier alpha value is -1.59. The summed E-state index contributed by atoms with van der Waals surface area (Å²) in [5, 5.41) is 8.62. The van der Waals surface area contributed by atoms with Gasteiger partial charge in [0.1, 0.15) is 5.82 Å². The van der Waals surface area contributed by atoms with Crippen LogP contribution in [0.25, 0.3) is 0 Å². The second kappa shape index (κ2) is 4.73. The third-order valence-corrected chi connectivity index (χ3v) is 2.30. The number of rotatable bonds is 3. The smallest absolute Gasteiger partial charge is 0.419 e. The molecule has 0 aliphatic rings. The molecule has 0 saturated heterocycles. The van der Waals surface area contributed by atoms with Crippen molar-refractivity contribution in [2.45, 2.75) is 19.5 Å². The highest BCUT2D eigenvalue weighted by atomic mass is 19.4. The number of halogens is 4. The van der Waals surface area contributed by atoms with E-state index < -0.39 is 29.4 Å². The highest BCUT2D eigenvalue weighted by Gasteiger charge is 2.33. The van der Waals surface area contributed by atoms with E-state index in [4.69, 9.17) is 5.11 Å². The molecule has 0 unspecified atom stereocenters. The number of aliphatic carboxylic acids is 1. The topological polar surface area (TPSA) is 37.3 Å². The van der Waals surface area contributed by atoms with E-state index in [1.54, 1.807) is 0 Å². The van der Waals surface area contributed by atoms with Gasteiger partial charge in [-0.3, -0.25) is 4.79 Å². The monoisotopic (exact) mass is 250 g/mol. The molecule has 1 atom stereocenters. The minimum Gasteiger partial charge on any atom is -0.481 e. The lowest BCUT2D eigenvalue weighted by molar-refractivity contribution is -0.141. The Kier molecular flexibility index (Phi) is 3.75. The van der Waals surface area contributed by atoms with Crippen LogP contribution in [0, 0.1) is 11.7 Å². The first-order chi connectivity index (χ1) is 7.71. The number of carboxylic acid groups (broad SMARTS) is 1. The maximum absolute atomic E-state index is 13.1. The molecule has 0 fully saturated rings. The maximum Gasteiger partial charge on any atom is 0.419 e. The van der Waals surface area contributed by atoms with Gasteiger partial charge >= 0.3 is 12.1 Å². The molecule has 1 aromatic carbocycles. The Morgan fingerprint density at radius 2 is 2.00 bits per heavy atom.